The summed E-state index contributed by atoms with van der Waals surface area (Å²) >= 11 is 1.51. The van der Waals surface area contributed by atoms with E-state index in [4.69, 9.17) is 0 Å². The minimum absolute atomic E-state index is 0.0390. The van der Waals surface area contributed by atoms with Gasteiger partial charge in [0.1, 0.15) is 0 Å². The first kappa shape index (κ1) is 18.4. The van der Waals surface area contributed by atoms with E-state index >= 15 is 0 Å². The van der Waals surface area contributed by atoms with Gasteiger partial charge in [0.2, 0.25) is 11.8 Å². The summed E-state index contributed by atoms with van der Waals surface area (Å²) in [6.07, 6.45) is 3.91. The largest absolute Gasteiger partial charge is 0.311 e. The van der Waals surface area contributed by atoms with Crippen LogP contribution < -0.4 is 4.90 Å². The molecule has 2 amide bonds. The molecule has 2 heterocycles. The van der Waals surface area contributed by atoms with Crippen LogP contribution >= 0.6 is 11.3 Å². The number of hydrogen-bond donors (Lipinski definition) is 0. The average molecular weight is 391 g/mol. The van der Waals surface area contributed by atoms with Gasteiger partial charge in [0.15, 0.2) is 5.13 Å². The molecule has 5 nitrogen and oxygen atoms in total. The van der Waals surface area contributed by atoms with Gasteiger partial charge in [0, 0.05) is 19.7 Å². The number of benzene rings is 2. The maximum absolute atomic E-state index is 13.2. The molecule has 1 atom stereocenters. The predicted molar refractivity (Wildman–Crippen MR) is 113 cm³/mol. The molecular weight excluding hydrogens is 370 g/mol. The minimum atomic E-state index is -0.311. The molecule has 3 aromatic rings. The van der Waals surface area contributed by atoms with Crippen molar-refractivity contribution in [3.8, 4) is 0 Å². The third kappa shape index (κ3) is 3.31. The molecule has 0 fully saturated rings. The van der Waals surface area contributed by atoms with E-state index in [0.29, 0.717) is 11.7 Å². The number of rotatable bonds is 4. The van der Waals surface area contributed by atoms with Crippen LogP contribution in [-0.4, -0.2) is 28.2 Å². The van der Waals surface area contributed by atoms with Gasteiger partial charge in [-0.1, -0.05) is 47.7 Å². The van der Waals surface area contributed by atoms with E-state index in [9.17, 15) is 9.59 Å². The summed E-state index contributed by atoms with van der Waals surface area (Å²) < 4.78 is 1.06. The Morgan fingerprint density at radius 3 is 2.64 bits per heavy atom. The van der Waals surface area contributed by atoms with Crippen LogP contribution in [0.5, 0.6) is 0 Å². The maximum atomic E-state index is 13.2. The molecule has 6 heteroatoms. The van der Waals surface area contributed by atoms with E-state index in [2.05, 4.69) is 4.98 Å². The van der Waals surface area contributed by atoms with Gasteiger partial charge in [-0.3, -0.25) is 14.5 Å². The topological polar surface area (TPSA) is 53.5 Å². The van der Waals surface area contributed by atoms with Gasteiger partial charge in [0.05, 0.1) is 22.7 Å². The molecule has 28 heavy (non-hydrogen) atoms. The Bertz CT molecular complexity index is 1040. The number of amides is 2. The first-order valence-corrected chi connectivity index (χ1v) is 10.1. The van der Waals surface area contributed by atoms with E-state index in [-0.39, 0.29) is 24.3 Å². The molecule has 0 radical (unpaired) electrons. The zero-order chi connectivity index (χ0) is 19.7. The first-order valence-electron chi connectivity index (χ1n) is 9.30. The van der Waals surface area contributed by atoms with Crippen LogP contribution in [0.3, 0.4) is 0 Å². The molecule has 0 saturated heterocycles. The van der Waals surface area contributed by atoms with Gasteiger partial charge in [-0.25, -0.2) is 4.98 Å². The van der Waals surface area contributed by atoms with Gasteiger partial charge in [-0.15, -0.1) is 0 Å². The molecule has 4 rings (SSSR count). The lowest BCUT2D eigenvalue weighted by Crippen LogP contribution is -2.37. The lowest BCUT2D eigenvalue weighted by Gasteiger charge is -2.33. The molecular formula is C22H21N3O2S. The van der Waals surface area contributed by atoms with Crippen LogP contribution in [0.1, 0.15) is 37.4 Å². The van der Waals surface area contributed by atoms with Crippen molar-refractivity contribution in [1.82, 2.24) is 9.88 Å². The van der Waals surface area contributed by atoms with Gasteiger partial charge >= 0.3 is 0 Å². The second-order valence-electron chi connectivity index (χ2n) is 6.69. The van der Waals surface area contributed by atoms with Crippen molar-refractivity contribution in [2.24, 2.45) is 0 Å². The van der Waals surface area contributed by atoms with Crippen LogP contribution in [0, 0.1) is 0 Å². The molecule has 1 aromatic heterocycles. The Hall–Kier alpha value is -2.99. The number of fused-ring (bicyclic) bond motifs is 2. The molecule has 0 spiro atoms. The maximum Gasteiger partial charge on any atom is 0.231 e. The lowest BCUT2D eigenvalue weighted by molar-refractivity contribution is -0.129. The molecule has 1 aliphatic heterocycles. The third-order valence-corrected chi connectivity index (χ3v) is 6.03. The molecule has 2 aromatic carbocycles. The van der Waals surface area contributed by atoms with E-state index in [1.54, 1.807) is 16.0 Å². The predicted octanol–water partition coefficient (Wildman–Crippen LogP) is 4.61. The summed E-state index contributed by atoms with van der Waals surface area (Å²) in [4.78, 5) is 33.4. The Morgan fingerprint density at radius 2 is 1.89 bits per heavy atom. The standard InChI is InChI=1S/C22H21N3O2S/c1-3-24(22-23-18-10-6-7-11-20(18)28-22)21(27)14-19-17-9-5-4-8-16(17)12-13-25(19)15(2)26/h4-13,19H,3,14H2,1-2H3. The molecule has 0 N–H and O–H groups in total. The number of anilines is 1. The minimum Gasteiger partial charge on any atom is -0.311 e. The van der Waals surface area contributed by atoms with Gasteiger partial charge in [-0.2, -0.15) is 0 Å². The Labute approximate surface area is 167 Å². The number of hydrogen-bond acceptors (Lipinski definition) is 4. The molecule has 0 aliphatic carbocycles. The van der Waals surface area contributed by atoms with Gasteiger partial charge in [0.25, 0.3) is 0 Å². The summed E-state index contributed by atoms with van der Waals surface area (Å²) in [6, 6.07) is 15.5. The molecule has 1 aliphatic rings. The van der Waals surface area contributed by atoms with Crippen molar-refractivity contribution in [3.63, 3.8) is 0 Å². The van der Waals surface area contributed by atoms with Crippen molar-refractivity contribution < 1.29 is 9.59 Å². The zero-order valence-corrected chi connectivity index (χ0v) is 16.6. The Morgan fingerprint density at radius 1 is 1.14 bits per heavy atom. The summed E-state index contributed by atoms with van der Waals surface area (Å²) in [5, 5.41) is 0.697. The highest BCUT2D eigenvalue weighted by molar-refractivity contribution is 7.22. The fraction of sp³-hybridized carbons (Fsp3) is 0.227. The Kier molecular flexibility index (Phi) is 4.96. The van der Waals surface area contributed by atoms with Crippen LogP contribution in [-0.2, 0) is 9.59 Å². The fourth-order valence-electron chi connectivity index (χ4n) is 3.58. The number of para-hydroxylation sites is 1. The number of nitrogens with zero attached hydrogens (tertiary/aromatic N) is 3. The van der Waals surface area contributed by atoms with Crippen molar-refractivity contribution >= 4 is 44.6 Å². The molecule has 0 bridgehead atoms. The highest BCUT2D eigenvalue weighted by Gasteiger charge is 2.30. The van der Waals surface area contributed by atoms with Gasteiger partial charge < -0.3 is 4.90 Å². The van der Waals surface area contributed by atoms with E-state index in [1.165, 1.54) is 18.3 Å². The van der Waals surface area contributed by atoms with Crippen molar-refractivity contribution in [3.05, 3.63) is 65.9 Å². The van der Waals surface area contributed by atoms with E-state index < -0.39 is 0 Å². The summed E-state index contributed by atoms with van der Waals surface area (Å²) in [7, 11) is 0. The quantitative estimate of drug-likeness (QED) is 0.652. The summed E-state index contributed by atoms with van der Waals surface area (Å²) in [6.45, 7) is 4.01. The van der Waals surface area contributed by atoms with Gasteiger partial charge in [-0.05, 0) is 36.3 Å². The second-order valence-corrected chi connectivity index (χ2v) is 7.70. The highest BCUT2D eigenvalue weighted by Crippen LogP contribution is 2.35. The van der Waals surface area contributed by atoms with Crippen molar-refractivity contribution in [2.45, 2.75) is 26.3 Å². The highest BCUT2D eigenvalue weighted by atomic mass is 32.1. The van der Waals surface area contributed by atoms with E-state index in [1.807, 2.05) is 61.5 Å². The van der Waals surface area contributed by atoms with Crippen LogP contribution in [0.15, 0.2) is 54.7 Å². The average Bonchev–Trinajstić information content (AvgIpc) is 3.12. The number of carbonyl (C=O) groups excluding carboxylic acids is 2. The fourth-order valence-corrected chi connectivity index (χ4v) is 4.63. The lowest BCUT2D eigenvalue weighted by atomic mass is 9.93. The van der Waals surface area contributed by atoms with Crippen molar-refractivity contribution in [1.29, 1.82) is 0 Å². The third-order valence-electron chi connectivity index (χ3n) is 4.97. The molecule has 1 unspecified atom stereocenters. The number of aromatic nitrogens is 1. The van der Waals surface area contributed by atoms with Crippen LogP contribution in [0.4, 0.5) is 5.13 Å². The van der Waals surface area contributed by atoms with Crippen LogP contribution in [0.25, 0.3) is 16.3 Å². The zero-order valence-electron chi connectivity index (χ0n) is 15.8. The number of carbonyl (C=O) groups is 2. The molecule has 142 valence electrons. The summed E-state index contributed by atoms with van der Waals surface area (Å²) in [5.41, 5.74) is 2.93. The second kappa shape index (κ2) is 7.56. The van der Waals surface area contributed by atoms with Crippen LogP contribution in [0.2, 0.25) is 0 Å². The monoisotopic (exact) mass is 391 g/mol. The number of thiazole rings is 1. The Balaban J connectivity index is 1.64. The smallest absolute Gasteiger partial charge is 0.231 e. The summed E-state index contributed by atoms with van der Waals surface area (Å²) in [5.74, 6) is -0.116. The normalized spacial score (nSPS) is 15.5. The first-order chi connectivity index (χ1) is 13.6. The molecule has 0 saturated carbocycles. The van der Waals surface area contributed by atoms with Crippen molar-refractivity contribution in [2.75, 3.05) is 11.4 Å². The van der Waals surface area contributed by atoms with E-state index in [0.717, 1.165) is 21.3 Å². The SMILES string of the molecule is CCN(C(=O)CC1c2ccccc2C=CN1C(C)=O)c1nc2ccccc2s1.